The summed E-state index contributed by atoms with van der Waals surface area (Å²) >= 11 is 6.16. The molecule has 0 aliphatic carbocycles. The molecule has 0 spiro atoms. The van der Waals surface area contributed by atoms with Crippen molar-refractivity contribution in [2.45, 2.75) is 26.3 Å². The summed E-state index contributed by atoms with van der Waals surface area (Å²) < 4.78 is 7.18. The number of ether oxygens (including phenoxy) is 1. The molecule has 0 bridgehead atoms. The lowest BCUT2D eigenvalue weighted by Gasteiger charge is -2.22. The summed E-state index contributed by atoms with van der Waals surface area (Å²) in [6.45, 7) is 6.30. The fourth-order valence-corrected chi connectivity index (χ4v) is 2.23. The maximum atomic E-state index is 6.16. The van der Waals surface area contributed by atoms with E-state index >= 15 is 0 Å². The van der Waals surface area contributed by atoms with Gasteiger partial charge in [-0.3, -0.25) is 0 Å². The number of hydrogen-bond donors (Lipinski definition) is 0. The van der Waals surface area contributed by atoms with E-state index in [9.17, 15) is 0 Å². The fraction of sp³-hybridized carbons (Fsp3) is 0.417. The van der Waals surface area contributed by atoms with Crippen LogP contribution in [-0.4, -0.2) is 16.7 Å². The van der Waals surface area contributed by atoms with E-state index in [1.807, 2.05) is 22.8 Å². The monoisotopic (exact) mass is 238 g/mol. The Morgan fingerprint density at radius 3 is 2.56 bits per heavy atom. The molecule has 0 aliphatic rings. The SMILES string of the molecule is COc1ccc2c(c1)nc(Cl)n2C(C)(C)C. The van der Waals surface area contributed by atoms with Crippen LogP contribution >= 0.6 is 11.6 Å². The molecule has 0 saturated carbocycles. The fourth-order valence-electron chi connectivity index (χ4n) is 1.80. The molecule has 3 nitrogen and oxygen atoms in total. The van der Waals surface area contributed by atoms with Gasteiger partial charge in [-0.05, 0) is 44.5 Å². The summed E-state index contributed by atoms with van der Waals surface area (Å²) in [4.78, 5) is 4.34. The van der Waals surface area contributed by atoms with E-state index in [1.54, 1.807) is 7.11 Å². The molecule has 2 aromatic rings. The second kappa shape index (κ2) is 3.67. The standard InChI is InChI=1S/C12H15ClN2O/c1-12(2,3)15-10-6-5-8(16-4)7-9(10)14-11(15)13/h5-7H,1-4H3. The molecule has 0 saturated heterocycles. The van der Waals surface area contributed by atoms with Crippen molar-refractivity contribution in [3.05, 3.63) is 23.5 Å². The molecule has 0 fully saturated rings. The molecule has 2 rings (SSSR count). The number of nitrogens with zero attached hydrogens (tertiary/aromatic N) is 2. The Bertz CT molecular complexity index is 526. The summed E-state index contributed by atoms with van der Waals surface area (Å²) in [5, 5.41) is 0.510. The van der Waals surface area contributed by atoms with Crippen molar-refractivity contribution in [2.24, 2.45) is 0 Å². The molecular formula is C12H15ClN2O. The molecule has 0 N–H and O–H groups in total. The number of rotatable bonds is 1. The summed E-state index contributed by atoms with van der Waals surface area (Å²) in [5.41, 5.74) is 1.80. The Morgan fingerprint density at radius 2 is 2.00 bits per heavy atom. The normalized spacial score (nSPS) is 12.1. The first-order valence-electron chi connectivity index (χ1n) is 5.16. The number of hydrogen-bond acceptors (Lipinski definition) is 2. The second-order valence-electron chi connectivity index (χ2n) is 4.74. The van der Waals surface area contributed by atoms with Gasteiger partial charge in [-0.2, -0.15) is 0 Å². The van der Waals surface area contributed by atoms with Crippen molar-refractivity contribution in [1.82, 2.24) is 9.55 Å². The van der Waals surface area contributed by atoms with Gasteiger partial charge >= 0.3 is 0 Å². The van der Waals surface area contributed by atoms with Crippen LogP contribution in [0, 0.1) is 0 Å². The van der Waals surface area contributed by atoms with Gasteiger partial charge in [0.1, 0.15) is 5.75 Å². The predicted molar refractivity (Wildman–Crippen MR) is 66.3 cm³/mol. The minimum atomic E-state index is -0.0829. The Kier molecular flexibility index (Phi) is 2.58. The topological polar surface area (TPSA) is 27.1 Å². The number of imidazole rings is 1. The molecule has 0 radical (unpaired) electrons. The summed E-state index contributed by atoms with van der Waals surface area (Å²) in [5.74, 6) is 0.794. The number of methoxy groups -OCH3 is 1. The zero-order valence-corrected chi connectivity index (χ0v) is 10.7. The third kappa shape index (κ3) is 1.76. The van der Waals surface area contributed by atoms with Gasteiger partial charge < -0.3 is 9.30 Å². The Labute approximate surface area is 100.0 Å². The molecule has 0 amide bonds. The Hall–Kier alpha value is -1.22. The van der Waals surface area contributed by atoms with Gasteiger partial charge in [0.25, 0.3) is 0 Å². The third-order valence-electron chi connectivity index (χ3n) is 2.49. The van der Waals surface area contributed by atoms with E-state index < -0.39 is 0 Å². The zero-order valence-electron chi connectivity index (χ0n) is 9.91. The van der Waals surface area contributed by atoms with Gasteiger partial charge in [0, 0.05) is 11.6 Å². The van der Waals surface area contributed by atoms with Crippen LogP contribution in [0.3, 0.4) is 0 Å². The molecular weight excluding hydrogens is 224 g/mol. The van der Waals surface area contributed by atoms with Gasteiger partial charge in [-0.1, -0.05) is 0 Å². The van der Waals surface area contributed by atoms with E-state index in [-0.39, 0.29) is 5.54 Å². The average Bonchev–Trinajstić information content (AvgIpc) is 2.51. The first kappa shape index (κ1) is 11.3. The van der Waals surface area contributed by atoms with Crippen molar-refractivity contribution < 1.29 is 4.74 Å². The first-order valence-corrected chi connectivity index (χ1v) is 5.54. The number of benzene rings is 1. The summed E-state index contributed by atoms with van der Waals surface area (Å²) in [6.07, 6.45) is 0. The molecule has 16 heavy (non-hydrogen) atoms. The maximum Gasteiger partial charge on any atom is 0.204 e. The van der Waals surface area contributed by atoms with Crippen LogP contribution in [-0.2, 0) is 5.54 Å². The predicted octanol–water partition coefficient (Wildman–Crippen LogP) is 3.45. The molecule has 0 aliphatic heterocycles. The smallest absolute Gasteiger partial charge is 0.204 e. The highest BCUT2D eigenvalue weighted by atomic mass is 35.5. The first-order chi connectivity index (χ1) is 7.43. The summed E-state index contributed by atoms with van der Waals surface area (Å²) in [7, 11) is 1.64. The Morgan fingerprint density at radius 1 is 1.31 bits per heavy atom. The highest BCUT2D eigenvalue weighted by molar-refractivity contribution is 6.29. The van der Waals surface area contributed by atoms with Crippen LogP contribution < -0.4 is 4.74 Å². The van der Waals surface area contributed by atoms with Gasteiger partial charge in [0.05, 0.1) is 18.1 Å². The van der Waals surface area contributed by atoms with Crippen molar-refractivity contribution in [1.29, 1.82) is 0 Å². The van der Waals surface area contributed by atoms with Crippen LogP contribution in [0.5, 0.6) is 5.75 Å². The average molecular weight is 239 g/mol. The van der Waals surface area contributed by atoms with E-state index in [0.717, 1.165) is 16.8 Å². The minimum Gasteiger partial charge on any atom is -0.497 e. The van der Waals surface area contributed by atoms with Crippen LogP contribution in [0.25, 0.3) is 11.0 Å². The molecule has 0 atom stereocenters. The summed E-state index contributed by atoms with van der Waals surface area (Å²) in [6, 6.07) is 5.80. The third-order valence-corrected chi connectivity index (χ3v) is 2.75. The van der Waals surface area contributed by atoms with Crippen LogP contribution in [0.15, 0.2) is 18.2 Å². The van der Waals surface area contributed by atoms with E-state index in [2.05, 4.69) is 25.8 Å². The van der Waals surface area contributed by atoms with E-state index in [0.29, 0.717) is 5.28 Å². The van der Waals surface area contributed by atoms with E-state index in [4.69, 9.17) is 16.3 Å². The van der Waals surface area contributed by atoms with Gasteiger partial charge in [0.15, 0.2) is 0 Å². The lowest BCUT2D eigenvalue weighted by molar-refractivity contribution is 0.408. The van der Waals surface area contributed by atoms with Gasteiger partial charge in [0.2, 0.25) is 5.28 Å². The van der Waals surface area contributed by atoms with Crippen LogP contribution in [0.2, 0.25) is 5.28 Å². The molecule has 1 aromatic heterocycles. The molecule has 86 valence electrons. The number of fused-ring (bicyclic) bond motifs is 1. The quantitative estimate of drug-likeness (QED) is 0.761. The second-order valence-corrected chi connectivity index (χ2v) is 5.08. The zero-order chi connectivity index (χ0) is 11.9. The number of halogens is 1. The van der Waals surface area contributed by atoms with Crippen molar-refractivity contribution in [3.8, 4) is 5.75 Å². The number of aromatic nitrogens is 2. The van der Waals surface area contributed by atoms with Gasteiger partial charge in [-0.25, -0.2) is 4.98 Å². The van der Waals surface area contributed by atoms with E-state index in [1.165, 1.54) is 0 Å². The largest absolute Gasteiger partial charge is 0.497 e. The van der Waals surface area contributed by atoms with Crippen molar-refractivity contribution >= 4 is 22.6 Å². The van der Waals surface area contributed by atoms with Crippen molar-refractivity contribution in [3.63, 3.8) is 0 Å². The lowest BCUT2D eigenvalue weighted by atomic mass is 10.1. The van der Waals surface area contributed by atoms with Gasteiger partial charge in [-0.15, -0.1) is 0 Å². The van der Waals surface area contributed by atoms with Crippen LogP contribution in [0.4, 0.5) is 0 Å². The highest BCUT2D eigenvalue weighted by Crippen LogP contribution is 2.29. The lowest BCUT2D eigenvalue weighted by Crippen LogP contribution is -2.21. The molecule has 4 heteroatoms. The molecule has 1 aromatic carbocycles. The minimum absolute atomic E-state index is 0.0829. The highest BCUT2D eigenvalue weighted by Gasteiger charge is 2.20. The maximum absolute atomic E-state index is 6.16. The van der Waals surface area contributed by atoms with Crippen molar-refractivity contribution in [2.75, 3.05) is 7.11 Å². The van der Waals surface area contributed by atoms with Crippen LogP contribution in [0.1, 0.15) is 20.8 Å². The molecule has 0 unspecified atom stereocenters. The Balaban J connectivity index is 2.72. The molecule has 1 heterocycles.